The average molecular weight is 165 g/mol. The number of carboxylic acids is 2. The third kappa shape index (κ3) is 350. The maximum atomic E-state index is 9.00. The molecular formula is C6H15NO4. The van der Waals surface area contributed by atoms with E-state index >= 15 is 0 Å². The first-order chi connectivity index (χ1) is 4.88. The Labute approximate surface area is 65.8 Å². The van der Waals surface area contributed by atoms with Gasteiger partial charge in [-0.1, -0.05) is 6.92 Å². The minimum absolute atomic E-state index is 0.750. The van der Waals surface area contributed by atoms with Gasteiger partial charge in [-0.05, 0) is 6.54 Å². The van der Waals surface area contributed by atoms with Gasteiger partial charge in [0, 0.05) is 13.8 Å². The second-order valence-electron chi connectivity index (χ2n) is 1.45. The van der Waals surface area contributed by atoms with Gasteiger partial charge in [0.2, 0.25) is 0 Å². The third-order valence-corrected chi connectivity index (χ3v) is 0. The highest BCUT2D eigenvalue weighted by Crippen LogP contribution is 1.42. The van der Waals surface area contributed by atoms with Crippen LogP contribution in [0, 0.1) is 0 Å². The first kappa shape index (κ1) is 16.5. The summed E-state index contributed by atoms with van der Waals surface area (Å²) in [4.78, 5) is 18.0. The lowest BCUT2D eigenvalue weighted by molar-refractivity contribution is -0.135. The van der Waals surface area contributed by atoms with E-state index in [1.54, 1.807) is 0 Å². The molecule has 0 aliphatic heterocycles. The summed E-state index contributed by atoms with van der Waals surface area (Å²) in [6.45, 7) is 4.82. The molecule has 5 heteroatoms. The Balaban J connectivity index is -0.0000000886. The molecule has 0 heterocycles. The van der Waals surface area contributed by atoms with Crippen LogP contribution in [0.5, 0.6) is 0 Å². The Hall–Kier alpha value is -1.10. The fourth-order valence-electron chi connectivity index (χ4n) is 0. The van der Waals surface area contributed by atoms with Gasteiger partial charge in [0.25, 0.3) is 11.9 Å². The van der Waals surface area contributed by atoms with Crippen LogP contribution in [0.2, 0.25) is 0 Å². The molecule has 11 heavy (non-hydrogen) atoms. The minimum Gasteiger partial charge on any atom is -0.481 e. The SMILES string of the molecule is CC(=O)O.CC(=O)O.CCN. The molecule has 0 amide bonds. The summed E-state index contributed by atoms with van der Waals surface area (Å²) in [6.07, 6.45) is 0. The van der Waals surface area contributed by atoms with E-state index in [1.807, 2.05) is 6.92 Å². The van der Waals surface area contributed by atoms with Gasteiger partial charge in [0.1, 0.15) is 0 Å². The lowest BCUT2D eigenvalue weighted by Crippen LogP contribution is -1.87. The van der Waals surface area contributed by atoms with Crippen molar-refractivity contribution in [3.63, 3.8) is 0 Å². The monoisotopic (exact) mass is 165 g/mol. The standard InChI is InChI=1S/C2H7N.2C2H4O2/c1-2-3;2*1-2(3)4/h2-3H2,1H3;2*1H3,(H,3,4). The van der Waals surface area contributed by atoms with Crippen molar-refractivity contribution in [3.05, 3.63) is 0 Å². The number of hydrogen-bond donors (Lipinski definition) is 3. The molecule has 5 nitrogen and oxygen atoms in total. The van der Waals surface area contributed by atoms with E-state index in [1.165, 1.54) is 0 Å². The minimum atomic E-state index is -0.833. The lowest BCUT2D eigenvalue weighted by Gasteiger charge is -1.59. The molecule has 0 aliphatic carbocycles. The van der Waals surface area contributed by atoms with Gasteiger partial charge in [-0.3, -0.25) is 9.59 Å². The molecule has 0 aromatic heterocycles. The summed E-state index contributed by atoms with van der Waals surface area (Å²) < 4.78 is 0. The summed E-state index contributed by atoms with van der Waals surface area (Å²) in [7, 11) is 0. The van der Waals surface area contributed by atoms with Crippen molar-refractivity contribution in [1.82, 2.24) is 0 Å². The van der Waals surface area contributed by atoms with E-state index in [4.69, 9.17) is 25.5 Å². The van der Waals surface area contributed by atoms with E-state index in [-0.39, 0.29) is 0 Å². The molecule has 0 spiro atoms. The largest absolute Gasteiger partial charge is 0.481 e. The molecule has 68 valence electrons. The van der Waals surface area contributed by atoms with Gasteiger partial charge in [-0.15, -0.1) is 0 Å². The number of carbonyl (C=O) groups is 2. The first-order valence-electron chi connectivity index (χ1n) is 2.97. The van der Waals surface area contributed by atoms with Crippen LogP contribution in [0.1, 0.15) is 20.8 Å². The van der Waals surface area contributed by atoms with E-state index in [0.717, 1.165) is 20.4 Å². The van der Waals surface area contributed by atoms with Gasteiger partial charge in [-0.25, -0.2) is 0 Å². The van der Waals surface area contributed by atoms with Crippen LogP contribution in [-0.2, 0) is 9.59 Å². The Morgan fingerprint density at radius 2 is 1.18 bits per heavy atom. The maximum Gasteiger partial charge on any atom is 0.300 e. The van der Waals surface area contributed by atoms with E-state index in [9.17, 15) is 0 Å². The van der Waals surface area contributed by atoms with Crippen molar-refractivity contribution in [2.24, 2.45) is 5.73 Å². The van der Waals surface area contributed by atoms with Crippen LogP contribution >= 0.6 is 0 Å². The Morgan fingerprint density at radius 1 is 1.18 bits per heavy atom. The van der Waals surface area contributed by atoms with Crippen molar-refractivity contribution in [2.75, 3.05) is 6.54 Å². The molecule has 0 saturated heterocycles. The molecule has 0 rings (SSSR count). The molecule has 0 radical (unpaired) electrons. The predicted molar refractivity (Wildman–Crippen MR) is 41.3 cm³/mol. The highest BCUT2D eigenvalue weighted by Gasteiger charge is 1.65. The Kier molecular flexibility index (Phi) is 23.9. The van der Waals surface area contributed by atoms with Crippen molar-refractivity contribution >= 4 is 11.9 Å². The van der Waals surface area contributed by atoms with Gasteiger partial charge >= 0.3 is 0 Å². The van der Waals surface area contributed by atoms with Crippen LogP contribution in [0.3, 0.4) is 0 Å². The number of rotatable bonds is 0. The molecule has 0 aliphatic rings. The highest BCUT2D eigenvalue weighted by atomic mass is 16.4. The average Bonchev–Trinajstić information content (AvgIpc) is 1.60. The smallest absolute Gasteiger partial charge is 0.300 e. The Bertz CT molecular complexity index is 82.8. The van der Waals surface area contributed by atoms with Gasteiger partial charge < -0.3 is 15.9 Å². The summed E-state index contributed by atoms with van der Waals surface area (Å²) in [5, 5.41) is 14.8. The molecular weight excluding hydrogens is 150 g/mol. The van der Waals surface area contributed by atoms with Crippen LogP contribution in [-0.4, -0.2) is 28.7 Å². The fraction of sp³-hybridized carbons (Fsp3) is 0.667. The molecule has 0 saturated carbocycles. The number of nitrogens with two attached hydrogens (primary N) is 1. The lowest BCUT2D eigenvalue weighted by atomic mass is 10.8. The summed E-state index contributed by atoms with van der Waals surface area (Å²) in [5.74, 6) is -1.67. The van der Waals surface area contributed by atoms with Crippen molar-refractivity contribution in [3.8, 4) is 0 Å². The van der Waals surface area contributed by atoms with Crippen LogP contribution in [0.4, 0.5) is 0 Å². The zero-order valence-electron chi connectivity index (χ0n) is 7.00. The molecule has 0 unspecified atom stereocenters. The molecule has 0 aromatic carbocycles. The molecule has 0 fully saturated rings. The Morgan fingerprint density at radius 3 is 1.18 bits per heavy atom. The van der Waals surface area contributed by atoms with Gasteiger partial charge in [-0.2, -0.15) is 0 Å². The summed E-state index contributed by atoms with van der Waals surface area (Å²) >= 11 is 0. The van der Waals surface area contributed by atoms with E-state index < -0.39 is 11.9 Å². The maximum absolute atomic E-state index is 9.00. The molecule has 4 N–H and O–H groups in total. The van der Waals surface area contributed by atoms with Crippen molar-refractivity contribution in [1.29, 1.82) is 0 Å². The third-order valence-electron chi connectivity index (χ3n) is 0. The van der Waals surface area contributed by atoms with E-state index in [2.05, 4.69) is 0 Å². The fourth-order valence-corrected chi connectivity index (χ4v) is 0. The number of carboxylic acid groups (broad SMARTS) is 2. The van der Waals surface area contributed by atoms with Gasteiger partial charge in [0.15, 0.2) is 0 Å². The summed E-state index contributed by atoms with van der Waals surface area (Å²) in [6, 6.07) is 0. The van der Waals surface area contributed by atoms with Crippen LogP contribution in [0.15, 0.2) is 0 Å². The van der Waals surface area contributed by atoms with E-state index in [0.29, 0.717) is 0 Å². The molecule has 0 bridgehead atoms. The summed E-state index contributed by atoms with van der Waals surface area (Å²) in [5.41, 5.74) is 4.85. The molecule has 0 atom stereocenters. The quantitative estimate of drug-likeness (QED) is 0.474. The van der Waals surface area contributed by atoms with Crippen LogP contribution in [0.25, 0.3) is 0 Å². The first-order valence-corrected chi connectivity index (χ1v) is 2.97. The van der Waals surface area contributed by atoms with Crippen molar-refractivity contribution < 1.29 is 19.8 Å². The molecule has 0 aromatic rings. The second kappa shape index (κ2) is 16.0. The number of hydrogen-bond acceptors (Lipinski definition) is 3. The zero-order chi connectivity index (χ0) is 9.86. The van der Waals surface area contributed by atoms with Crippen LogP contribution < -0.4 is 5.73 Å². The topological polar surface area (TPSA) is 101 Å². The predicted octanol–water partition coefficient (Wildman–Crippen LogP) is 0.147. The highest BCUT2D eigenvalue weighted by molar-refractivity contribution is 5.63. The van der Waals surface area contributed by atoms with Gasteiger partial charge in [0.05, 0.1) is 0 Å². The van der Waals surface area contributed by atoms with Crippen molar-refractivity contribution in [2.45, 2.75) is 20.8 Å². The normalized spacial score (nSPS) is 6.18. The second-order valence-corrected chi connectivity index (χ2v) is 1.45. The zero-order valence-corrected chi connectivity index (χ0v) is 7.00. The number of aliphatic carboxylic acids is 2.